The molecule has 2 atom stereocenters. The third-order valence-corrected chi connectivity index (χ3v) is 6.64. The van der Waals surface area contributed by atoms with Gasteiger partial charge in [-0.05, 0) is 56.9 Å². The van der Waals surface area contributed by atoms with Gasteiger partial charge in [-0.2, -0.15) is 0 Å². The molecule has 28 heavy (non-hydrogen) atoms. The number of imide groups is 1. The van der Waals surface area contributed by atoms with E-state index in [9.17, 15) is 14.4 Å². The molecule has 2 fully saturated rings. The van der Waals surface area contributed by atoms with E-state index >= 15 is 0 Å². The number of nitrogens with zero attached hydrogens (tertiary/aromatic N) is 2. The second kappa shape index (κ2) is 7.53. The van der Waals surface area contributed by atoms with Gasteiger partial charge < -0.3 is 4.90 Å². The van der Waals surface area contributed by atoms with Crippen LogP contribution in [-0.2, 0) is 9.59 Å². The summed E-state index contributed by atoms with van der Waals surface area (Å²) in [7, 11) is 1.87. The van der Waals surface area contributed by atoms with E-state index in [1.165, 1.54) is 29.7 Å². The lowest BCUT2D eigenvalue weighted by Gasteiger charge is -2.31. The molecule has 1 aromatic rings. The summed E-state index contributed by atoms with van der Waals surface area (Å²) in [5.74, 6) is -0.699. The van der Waals surface area contributed by atoms with E-state index in [0.29, 0.717) is 30.1 Å². The number of carbonyl (C=O) groups is 3. The second-order valence-corrected chi connectivity index (χ2v) is 8.47. The smallest absolute Gasteiger partial charge is 0.253 e. The summed E-state index contributed by atoms with van der Waals surface area (Å²) >= 11 is 0. The van der Waals surface area contributed by atoms with Crippen molar-refractivity contribution in [1.29, 1.82) is 0 Å². The minimum atomic E-state index is -0.241. The highest BCUT2D eigenvalue weighted by Crippen LogP contribution is 2.39. The zero-order valence-electron chi connectivity index (χ0n) is 16.7. The van der Waals surface area contributed by atoms with Crippen LogP contribution in [-0.4, -0.2) is 35.7 Å². The third kappa shape index (κ3) is 3.27. The Morgan fingerprint density at radius 3 is 2.32 bits per heavy atom. The van der Waals surface area contributed by atoms with Crippen molar-refractivity contribution < 1.29 is 14.4 Å². The first kappa shape index (κ1) is 18.9. The van der Waals surface area contributed by atoms with Crippen molar-refractivity contribution in [3.05, 3.63) is 41.5 Å². The molecule has 0 N–H and O–H groups in total. The summed E-state index contributed by atoms with van der Waals surface area (Å²) in [5.41, 5.74) is 2.35. The van der Waals surface area contributed by atoms with E-state index in [1.54, 1.807) is 24.3 Å². The van der Waals surface area contributed by atoms with Crippen molar-refractivity contribution in [3.63, 3.8) is 0 Å². The Morgan fingerprint density at radius 1 is 1.00 bits per heavy atom. The average molecular weight is 380 g/mol. The third-order valence-electron chi connectivity index (χ3n) is 6.64. The molecule has 1 aliphatic heterocycles. The highest BCUT2D eigenvalue weighted by Gasteiger charge is 2.48. The first-order chi connectivity index (χ1) is 13.5. The van der Waals surface area contributed by atoms with Gasteiger partial charge in [0, 0.05) is 18.7 Å². The van der Waals surface area contributed by atoms with Gasteiger partial charge in [0.15, 0.2) is 0 Å². The maximum Gasteiger partial charge on any atom is 0.253 e. The average Bonchev–Trinajstić information content (AvgIpc) is 2.97. The van der Waals surface area contributed by atoms with Crippen LogP contribution < -0.4 is 4.90 Å². The Hall–Kier alpha value is -2.43. The Labute approximate surface area is 166 Å². The van der Waals surface area contributed by atoms with Crippen molar-refractivity contribution >= 4 is 23.4 Å². The SMILES string of the molecule is CC1=CC[C@H]2C(=O)N(c3ccc(C(=O)N(C)C4CCCCC4)cc3)C(=O)[C@H]2C1. The number of rotatable bonds is 3. The fourth-order valence-corrected chi connectivity index (χ4v) is 4.88. The quantitative estimate of drug-likeness (QED) is 0.590. The fraction of sp³-hybridized carbons (Fsp3) is 0.522. The first-order valence-corrected chi connectivity index (χ1v) is 10.4. The normalized spacial score (nSPS) is 25.5. The van der Waals surface area contributed by atoms with E-state index in [1.807, 2.05) is 18.9 Å². The summed E-state index contributed by atoms with van der Waals surface area (Å²) in [6, 6.07) is 7.25. The Bertz CT molecular complexity index is 821. The topological polar surface area (TPSA) is 57.7 Å². The van der Waals surface area contributed by atoms with E-state index < -0.39 is 0 Å². The lowest BCUT2D eigenvalue weighted by Crippen LogP contribution is -2.38. The van der Waals surface area contributed by atoms with Gasteiger partial charge in [0.05, 0.1) is 17.5 Å². The summed E-state index contributed by atoms with van der Waals surface area (Å²) in [4.78, 5) is 41.6. The number of hydrogen-bond donors (Lipinski definition) is 0. The van der Waals surface area contributed by atoms with Crippen LogP contribution in [0, 0.1) is 11.8 Å². The molecular weight excluding hydrogens is 352 g/mol. The lowest BCUT2D eigenvalue weighted by molar-refractivity contribution is -0.122. The Morgan fingerprint density at radius 2 is 1.64 bits per heavy atom. The predicted octanol–water partition coefficient (Wildman–Crippen LogP) is 3.94. The van der Waals surface area contributed by atoms with Crippen LogP contribution in [0.4, 0.5) is 5.69 Å². The number of hydrogen-bond acceptors (Lipinski definition) is 3. The number of fused-ring (bicyclic) bond motifs is 1. The van der Waals surface area contributed by atoms with Crippen LogP contribution in [0.5, 0.6) is 0 Å². The largest absolute Gasteiger partial charge is 0.339 e. The Balaban J connectivity index is 1.50. The van der Waals surface area contributed by atoms with Crippen LogP contribution in [0.1, 0.15) is 62.2 Å². The van der Waals surface area contributed by atoms with Gasteiger partial charge >= 0.3 is 0 Å². The van der Waals surface area contributed by atoms with Gasteiger partial charge in [0.1, 0.15) is 0 Å². The number of benzene rings is 1. The van der Waals surface area contributed by atoms with E-state index in [0.717, 1.165) is 12.8 Å². The minimum Gasteiger partial charge on any atom is -0.339 e. The van der Waals surface area contributed by atoms with E-state index in [4.69, 9.17) is 0 Å². The maximum absolute atomic E-state index is 12.8. The van der Waals surface area contributed by atoms with Crippen LogP contribution in [0.15, 0.2) is 35.9 Å². The zero-order chi connectivity index (χ0) is 19.8. The molecule has 2 aliphatic carbocycles. The second-order valence-electron chi connectivity index (χ2n) is 8.47. The monoisotopic (exact) mass is 380 g/mol. The molecule has 0 unspecified atom stereocenters. The summed E-state index contributed by atoms with van der Waals surface area (Å²) < 4.78 is 0. The van der Waals surface area contributed by atoms with Crippen LogP contribution in [0.25, 0.3) is 0 Å². The van der Waals surface area contributed by atoms with Crippen molar-refractivity contribution in [2.75, 3.05) is 11.9 Å². The number of carbonyl (C=O) groups excluding carboxylic acids is 3. The highest BCUT2D eigenvalue weighted by atomic mass is 16.2. The molecule has 3 aliphatic rings. The molecular formula is C23H28N2O3. The molecule has 148 valence electrons. The van der Waals surface area contributed by atoms with Gasteiger partial charge in [-0.1, -0.05) is 30.9 Å². The molecule has 1 heterocycles. The van der Waals surface area contributed by atoms with Gasteiger partial charge in [-0.25, -0.2) is 0 Å². The zero-order valence-corrected chi connectivity index (χ0v) is 16.7. The van der Waals surface area contributed by atoms with Crippen molar-refractivity contribution in [2.45, 2.75) is 57.9 Å². The highest BCUT2D eigenvalue weighted by molar-refractivity contribution is 6.22. The molecule has 5 nitrogen and oxygen atoms in total. The maximum atomic E-state index is 12.8. The van der Waals surface area contributed by atoms with Crippen molar-refractivity contribution in [1.82, 2.24) is 4.90 Å². The van der Waals surface area contributed by atoms with Crippen molar-refractivity contribution in [2.24, 2.45) is 11.8 Å². The summed E-state index contributed by atoms with van der Waals surface area (Å²) in [6.07, 6.45) is 9.10. The number of amides is 3. The van der Waals surface area contributed by atoms with Crippen LogP contribution in [0.3, 0.4) is 0 Å². The fourth-order valence-electron chi connectivity index (χ4n) is 4.88. The predicted molar refractivity (Wildman–Crippen MR) is 108 cm³/mol. The first-order valence-electron chi connectivity index (χ1n) is 10.4. The molecule has 1 aromatic carbocycles. The molecule has 0 bridgehead atoms. The molecule has 0 aromatic heterocycles. The van der Waals surface area contributed by atoms with Gasteiger partial charge in [-0.15, -0.1) is 0 Å². The van der Waals surface area contributed by atoms with E-state index in [-0.39, 0.29) is 29.6 Å². The van der Waals surface area contributed by atoms with Gasteiger partial charge in [0.2, 0.25) is 11.8 Å². The van der Waals surface area contributed by atoms with Gasteiger partial charge in [-0.3, -0.25) is 19.3 Å². The molecule has 1 saturated carbocycles. The minimum absolute atomic E-state index is 0.00557. The van der Waals surface area contributed by atoms with E-state index in [2.05, 4.69) is 6.08 Å². The summed E-state index contributed by atoms with van der Waals surface area (Å²) in [6.45, 7) is 2.01. The van der Waals surface area contributed by atoms with Crippen molar-refractivity contribution in [3.8, 4) is 0 Å². The number of anilines is 1. The number of allylic oxidation sites excluding steroid dienone is 2. The molecule has 0 radical (unpaired) electrons. The molecule has 1 saturated heterocycles. The molecule has 0 spiro atoms. The Kier molecular flexibility index (Phi) is 5.09. The van der Waals surface area contributed by atoms with Crippen LogP contribution in [0.2, 0.25) is 0 Å². The lowest BCUT2D eigenvalue weighted by atomic mass is 9.82. The molecule has 5 heteroatoms. The standard InChI is InChI=1S/C23H28N2O3/c1-15-8-13-19-20(14-15)23(28)25(22(19)27)18-11-9-16(10-12-18)21(26)24(2)17-6-4-3-5-7-17/h8-12,17,19-20H,3-7,13-14H2,1-2H3/t19-,20+/m1/s1. The summed E-state index contributed by atoms with van der Waals surface area (Å²) in [5, 5.41) is 0. The van der Waals surface area contributed by atoms with Gasteiger partial charge in [0.25, 0.3) is 5.91 Å². The van der Waals surface area contributed by atoms with Crippen LogP contribution >= 0.6 is 0 Å². The molecule has 4 rings (SSSR count). The molecule has 3 amide bonds.